The molecule has 0 saturated carbocycles. The molecule has 0 aromatic rings. The van der Waals surface area contributed by atoms with Crippen LogP contribution in [0.25, 0.3) is 0 Å². The van der Waals surface area contributed by atoms with Gasteiger partial charge < -0.3 is 55.3 Å². The van der Waals surface area contributed by atoms with Gasteiger partial charge in [0.1, 0.15) is 36.5 Å². The lowest BCUT2D eigenvalue weighted by molar-refractivity contribution is -0.266. The van der Waals surface area contributed by atoms with Crippen LogP contribution >= 0.6 is 22.6 Å². The molecule has 5 aliphatic heterocycles. The monoisotopic (exact) mass is 1450 g/mol. The largest absolute Gasteiger partial charge is 0.414 e. The van der Waals surface area contributed by atoms with Crippen molar-refractivity contribution in [2.24, 2.45) is 11.8 Å². The number of ether oxygens (including phenoxy) is 6. The van der Waals surface area contributed by atoms with Crippen molar-refractivity contribution in [1.82, 2.24) is 0 Å². The van der Waals surface area contributed by atoms with E-state index in [1.54, 1.807) is 7.11 Å². The second-order valence-electron chi connectivity index (χ2n) is 35.2. The minimum atomic E-state index is -2.50. The molecular formula is C70H131IO13Si5. The molecule has 0 aromatic carbocycles. The number of halogens is 1. The Hall–Kier alpha value is -0.0656. The second-order valence-corrected chi connectivity index (χ2v) is 59.8. The van der Waals surface area contributed by atoms with Gasteiger partial charge in [0.15, 0.2) is 41.6 Å². The van der Waals surface area contributed by atoms with Crippen molar-refractivity contribution >= 4 is 76.2 Å². The van der Waals surface area contributed by atoms with Crippen LogP contribution in [0.1, 0.15) is 188 Å². The average molecular weight is 1450 g/mol. The SMILES string of the molecule is C=C1C[C@H](CCC=O)O[C@H]1CC[C@H]1C[C@H](C)C(=C)[C@@H](C[C@@H]2O[C@H](C[C@@H](CO[Si](C)(C)C(C)(C)C)O[Si](C)(C)C(C)(C)C)[C@@H](OC)[C@H]2CC(=O)C[C@H]2CC[C@@H]3O[C@H](C(/C=C/I)O[Si](C)(C)C(C)(C)C)C(O[Si](C)(C)C(C)(C)C)C(O[Si](C)(C)C(C)(C)C)[C@@H]3O2)O1. The molecule has 5 aliphatic rings. The molecule has 89 heavy (non-hydrogen) atoms. The van der Waals surface area contributed by atoms with E-state index in [1.165, 1.54) is 0 Å². The number of ketones is 1. The molecule has 0 N–H and O–H groups in total. The van der Waals surface area contributed by atoms with Crippen LogP contribution in [-0.4, -0.2) is 159 Å². The maximum atomic E-state index is 15.4. The molecule has 19 heteroatoms. The Balaban J connectivity index is 1.51. The Morgan fingerprint density at radius 2 is 1.18 bits per heavy atom. The van der Waals surface area contributed by atoms with Crippen LogP contribution in [0, 0.1) is 11.8 Å². The summed E-state index contributed by atoms with van der Waals surface area (Å²) in [6.45, 7) is 69.2. The zero-order valence-electron chi connectivity index (χ0n) is 61.3. The van der Waals surface area contributed by atoms with Gasteiger partial charge in [-0.15, -0.1) is 0 Å². The third kappa shape index (κ3) is 20.5. The summed E-state index contributed by atoms with van der Waals surface area (Å²) < 4.78 is 81.7. The van der Waals surface area contributed by atoms with Crippen molar-refractivity contribution in [3.05, 3.63) is 34.5 Å². The lowest BCUT2D eigenvalue weighted by Crippen LogP contribution is -2.69. The van der Waals surface area contributed by atoms with Gasteiger partial charge in [-0.1, -0.05) is 147 Å². The summed E-state index contributed by atoms with van der Waals surface area (Å²) in [5, 5.41) is -0.270. The standard InChI is InChI=1S/C70H131IO13Si5/c1-46-39-51(32-34-55-47(2)40-50(76-55)31-30-38-72)77-58(48(46)3)44-59-54(61(74-19)60(79-59)43-53(81-86(22,23)67(7,8)9)45-75-85(20,21)66(4,5)6)42-49(73)41-52-33-35-56-62(78-52)64(83-88(26,27)69(13,14)15)65(84-89(28,29)70(16,17)18)63(80-56)57(36-37-71)82-87(24,25)68(10,11)12/h36-38,46,50-65H,2-3,30-35,39-45H2,1,4-29H3/b37-36+/t46-,50-,51-,52+,53-,54-,55-,56-,57?,58+,59-,60+,61-,62+,63+,64?,65?/m0/s1. The summed E-state index contributed by atoms with van der Waals surface area (Å²) >= 11 is 2.32. The van der Waals surface area contributed by atoms with Crippen LogP contribution in [0.15, 0.2) is 34.5 Å². The quantitative estimate of drug-likeness (QED) is 0.0318. The molecular weight excluding hydrogens is 1320 g/mol. The Labute approximate surface area is 562 Å². The highest BCUT2D eigenvalue weighted by Gasteiger charge is 2.59. The van der Waals surface area contributed by atoms with Crippen molar-refractivity contribution in [2.75, 3.05) is 13.7 Å². The van der Waals surface area contributed by atoms with Crippen LogP contribution in [0.3, 0.4) is 0 Å². The van der Waals surface area contributed by atoms with E-state index in [2.05, 4.69) is 222 Å². The van der Waals surface area contributed by atoms with Crippen LogP contribution in [0.4, 0.5) is 0 Å². The van der Waals surface area contributed by atoms with Gasteiger partial charge in [-0.05, 0) is 163 Å². The van der Waals surface area contributed by atoms with Gasteiger partial charge in [-0.25, -0.2) is 0 Å². The fourth-order valence-corrected chi connectivity index (χ4v) is 18.8. The van der Waals surface area contributed by atoms with Crippen LogP contribution in [0.2, 0.25) is 90.7 Å². The minimum absolute atomic E-state index is 0.0158. The van der Waals surface area contributed by atoms with Crippen molar-refractivity contribution in [3.8, 4) is 0 Å². The van der Waals surface area contributed by atoms with Gasteiger partial charge in [0.05, 0.1) is 73.8 Å². The van der Waals surface area contributed by atoms with Gasteiger partial charge in [0.2, 0.25) is 0 Å². The lowest BCUT2D eigenvalue weighted by atomic mass is 9.81. The predicted octanol–water partition coefficient (Wildman–Crippen LogP) is 18.2. The van der Waals surface area contributed by atoms with E-state index in [9.17, 15) is 4.79 Å². The smallest absolute Gasteiger partial charge is 0.193 e. The lowest BCUT2D eigenvalue weighted by Gasteiger charge is -2.56. The first-order valence-corrected chi connectivity index (χ1v) is 50.0. The van der Waals surface area contributed by atoms with Crippen molar-refractivity contribution in [2.45, 2.75) is 370 Å². The number of carbonyl (C=O) groups is 2. The zero-order chi connectivity index (χ0) is 67.6. The number of hydrogen-bond donors (Lipinski definition) is 0. The zero-order valence-corrected chi connectivity index (χ0v) is 68.5. The molecule has 17 atom stereocenters. The first kappa shape index (κ1) is 79.6. The Kier molecular flexibility index (Phi) is 27.5. The predicted molar refractivity (Wildman–Crippen MR) is 386 cm³/mol. The summed E-state index contributed by atoms with van der Waals surface area (Å²) in [5.74, 6) is 0.0514. The number of fused-ring (bicyclic) bond motifs is 1. The average Bonchev–Trinajstić information content (AvgIpc) is 1.32. The number of aldehydes is 1. The molecule has 0 aromatic heterocycles. The van der Waals surface area contributed by atoms with Gasteiger partial charge in [0, 0.05) is 45.1 Å². The maximum Gasteiger partial charge on any atom is 0.193 e. The number of methoxy groups -OCH3 is 1. The molecule has 0 radical (unpaired) electrons. The summed E-state index contributed by atoms with van der Waals surface area (Å²) in [7, 11) is -10.0. The van der Waals surface area contributed by atoms with Crippen molar-refractivity contribution < 1.29 is 60.1 Å². The molecule has 13 nitrogen and oxygen atoms in total. The van der Waals surface area contributed by atoms with E-state index >= 15 is 4.79 Å². The molecule has 5 fully saturated rings. The van der Waals surface area contributed by atoms with Crippen molar-refractivity contribution in [3.63, 3.8) is 0 Å². The van der Waals surface area contributed by atoms with Crippen LogP contribution in [-0.2, 0) is 60.1 Å². The third-order valence-corrected chi connectivity index (χ3v) is 46.1. The summed E-state index contributed by atoms with van der Waals surface area (Å²) in [5.41, 5.74) is 2.15. The number of carbonyl (C=O) groups excluding carboxylic acids is 2. The maximum absolute atomic E-state index is 15.4. The molecule has 0 amide bonds. The van der Waals surface area contributed by atoms with Crippen molar-refractivity contribution in [1.29, 1.82) is 0 Å². The fraction of sp³-hybridized carbons (Fsp3) is 0.886. The number of Topliss-reactive ketones (excluding diaryl/α,β-unsaturated/α-hetero) is 1. The van der Waals surface area contributed by atoms with Crippen LogP contribution < -0.4 is 0 Å². The Bertz CT molecular complexity index is 2360. The van der Waals surface area contributed by atoms with E-state index in [-0.39, 0.29) is 117 Å². The summed E-state index contributed by atoms with van der Waals surface area (Å²) in [4.78, 5) is 26.6. The van der Waals surface area contributed by atoms with Gasteiger partial charge in [-0.2, -0.15) is 0 Å². The highest BCUT2D eigenvalue weighted by Crippen LogP contribution is 2.50. The highest BCUT2D eigenvalue weighted by atomic mass is 127. The molecule has 0 bridgehead atoms. The molecule has 516 valence electrons. The number of rotatable bonds is 28. The normalized spacial score (nSPS) is 31.8. The number of hydrogen-bond acceptors (Lipinski definition) is 13. The topological polar surface area (TPSA) is 136 Å². The molecule has 0 aliphatic carbocycles. The van der Waals surface area contributed by atoms with E-state index in [0.717, 1.165) is 49.5 Å². The highest BCUT2D eigenvalue weighted by molar-refractivity contribution is 14.1. The molecule has 0 spiro atoms. The van der Waals surface area contributed by atoms with Gasteiger partial charge in [-0.3, -0.25) is 4.79 Å². The second kappa shape index (κ2) is 30.8. The van der Waals surface area contributed by atoms with E-state index in [1.807, 2.05) is 0 Å². The molecule has 5 saturated heterocycles. The van der Waals surface area contributed by atoms with E-state index in [4.69, 9.17) is 50.6 Å². The Morgan fingerprint density at radius 3 is 1.72 bits per heavy atom. The minimum Gasteiger partial charge on any atom is -0.414 e. The summed E-state index contributed by atoms with van der Waals surface area (Å²) in [6, 6.07) is 0. The van der Waals surface area contributed by atoms with E-state index < -0.39 is 72.1 Å². The first-order valence-electron chi connectivity index (χ1n) is 34.2. The van der Waals surface area contributed by atoms with Crippen LogP contribution in [0.5, 0.6) is 0 Å². The molecule has 5 rings (SSSR count). The van der Waals surface area contributed by atoms with Gasteiger partial charge in [0.25, 0.3) is 0 Å². The summed E-state index contributed by atoms with van der Waals surface area (Å²) in [6.07, 6.45) is 5.88. The molecule has 5 heterocycles. The first-order chi connectivity index (χ1) is 40.5. The molecule has 3 unspecified atom stereocenters. The van der Waals surface area contributed by atoms with Gasteiger partial charge >= 0.3 is 0 Å². The van der Waals surface area contributed by atoms with E-state index in [0.29, 0.717) is 38.7 Å². The third-order valence-electron chi connectivity index (χ3n) is 23.2. The fourth-order valence-electron chi connectivity index (χ4n) is 12.2. The Morgan fingerprint density at radius 1 is 0.629 bits per heavy atom.